The molecule has 4 aliphatic rings. The molecule has 4 fully saturated rings. The Hall–Kier alpha value is -0.290. The van der Waals surface area contributed by atoms with Crippen LogP contribution in [0.15, 0.2) is 18.2 Å². The molecule has 0 aliphatic heterocycles. The van der Waals surface area contributed by atoms with E-state index < -0.39 is 0 Å². The molecule has 108 valence electrons. The van der Waals surface area contributed by atoms with Crippen LogP contribution in [0.3, 0.4) is 0 Å². The van der Waals surface area contributed by atoms with Gasteiger partial charge in [0.05, 0.1) is 0 Å². The van der Waals surface area contributed by atoms with Crippen molar-refractivity contribution < 1.29 is 5.11 Å². The lowest BCUT2D eigenvalue weighted by atomic mass is 9.53. The van der Waals surface area contributed by atoms with Crippen LogP contribution in [0.4, 0.5) is 0 Å². The monoisotopic (exact) mass is 383 g/mol. The summed E-state index contributed by atoms with van der Waals surface area (Å²) in [5, 5.41) is 13.9. The Morgan fingerprint density at radius 1 is 1.10 bits per heavy atom. The molecule has 4 bridgehead atoms. The first-order chi connectivity index (χ1) is 9.62. The molecule has 1 aromatic carbocycles. The normalized spacial score (nSPS) is 38.4. The van der Waals surface area contributed by atoms with Gasteiger partial charge in [0.2, 0.25) is 0 Å². The zero-order chi connectivity index (χ0) is 13.7. The number of hydrogen-bond donors (Lipinski definition) is 2. The van der Waals surface area contributed by atoms with E-state index >= 15 is 0 Å². The molecular weight excluding hydrogens is 361 g/mol. The van der Waals surface area contributed by atoms with Gasteiger partial charge in [0.25, 0.3) is 0 Å². The fourth-order valence-electron chi connectivity index (χ4n) is 5.30. The number of benzene rings is 1. The second-order valence-electron chi connectivity index (χ2n) is 7.32. The average molecular weight is 383 g/mol. The lowest BCUT2D eigenvalue weighted by molar-refractivity contribution is -0.0206. The van der Waals surface area contributed by atoms with Crippen LogP contribution < -0.4 is 5.32 Å². The van der Waals surface area contributed by atoms with Crippen molar-refractivity contribution in [2.45, 2.75) is 50.6 Å². The summed E-state index contributed by atoms with van der Waals surface area (Å²) in [4.78, 5) is 0. The van der Waals surface area contributed by atoms with Crippen molar-refractivity contribution >= 4 is 22.6 Å². The Balaban J connectivity index is 1.49. The Kier molecular flexibility index (Phi) is 3.26. The highest BCUT2D eigenvalue weighted by atomic mass is 127. The van der Waals surface area contributed by atoms with Crippen LogP contribution in [0.25, 0.3) is 0 Å². The summed E-state index contributed by atoms with van der Waals surface area (Å²) in [5.74, 6) is 3.35. The third kappa shape index (κ3) is 2.37. The van der Waals surface area contributed by atoms with Crippen LogP contribution in [-0.2, 0) is 6.54 Å². The maximum atomic E-state index is 10.1. The molecule has 20 heavy (non-hydrogen) atoms. The molecule has 0 aromatic heterocycles. The second-order valence-corrected chi connectivity index (χ2v) is 8.57. The summed E-state index contributed by atoms with van der Waals surface area (Å²) in [6.45, 7) is 0.814. The Bertz CT molecular complexity index is 492. The molecule has 4 aliphatic carbocycles. The van der Waals surface area contributed by atoms with E-state index in [1.54, 1.807) is 0 Å². The number of halogens is 1. The number of hydrogen-bond acceptors (Lipinski definition) is 2. The summed E-state index contributed by atoms with van der Waals surface area (Å²) in [6, 6.07) is 6.00. The number of nitrogens with one attached hydrogen (secondary N) is 1. The van der Waals surface area contributed by atoms with Crippen LogP contribution in [0.2, 0.25) is 0 Å². The van der Waals surface area contributed by atoms with Gasteiger partial charge in [-0.15, -0.1) is 0 Å². The lowest BCUT2D eigenvalue weighted by Crippen LogP contribution is -2.58. The van der Waals surface area contributed by atoms with E-state index in [9.17, 15) is 5.11 Å². The van der Waals surface area contributed by atoms with Crippen molar-refractivity contribution in [3.8, 4) is 5.75 Å². The SMILES string of the molecule is Oc1cc(I)ccc1CNC12CC3CC(CC(C3)C1)C2. The van der Waals surface area contributed by atoms with Crippen LogP contribution in [0.5, 0.6) is 5.75 Å². The van der Waals surface area contributed by atoms with E-state index in [0.717, 1.165) is 33.4 Å². The highest BCUT2D eigenvalue weighted by Gasteiger charge is 2.50. The molecule has 0 unspecified atom stereocenters. The topological polar surface area (TPSA) is 32.3 Å². The standard InChI is InChI=1S/C17H22INO/c18-15-2-1-14(16(20)6-15)10-19-17-7-11-3-12(8-17)5-13(4-11)9-17/h1-2,6,11-13,19-20H,3-5,7-10H2. The first-order valence-corrected chi connectivity index (χ1v) is 8.92. The fourth-order valence-corrected chi connectivity index (χ4v) is 5.77. The van der Waals surface area contributed by atoms with Gasteiger partial charge in [-0.05, 0) is 91.0 Å². The number of aromatic hydroxyl groups is 1. The maximum Gasteiger partial charge on any atom is 0.121 e. The summed E-state index contributed by atoms with van der Waals surface area (Å²) in [5.41, 5.74) is 1.42. The van der Waals surface area contributed by atoms with E-state index in [4.69, 9.17) is 0 Å². The minimum atomic E-state index is 0.379. The van der Waals surface area contributed by atoms with Crippen molar-refractivity contribution in [1.82, 2.24) is 5.32 Å². The molecule has 2 N–H and O–H groups in total. The minimum Gasteiger partial charge on any atom is -0.508 e. The highest BCUT2D eigenvalue weighted by molar-refractivity contribution is 14.1. The van der Waals surface area contributed by atoms with E-state index in [1.807, 2.05) is 6.07 Å². The van der Waals surface area contributed by atoms with E-state index in [2.05, 4.69) is 40.0 Å². The van der Waals surface area contributed by atoms with Crippen molar-refractivity contribution in [2.75, 3.05) is 0 Å². The predicted molar refractivity (Wildman–Crippen MR) is 88.6 cm³/mol. The molecule has 0 spiro atoms. The maximum absolute atomic E-state index is 10.1. The van der Waals surface area contributed by atoms with Gasteiger partial charge in [0.1, 0.15) is 5.75 Å². The molecule has 0 heterocycles. The van der Waals surface area contributed by atoms with Gasteiger partial charge in [-0.25, -0.2) is 0 Å². The molecule has 0 atom stereocenters. The van der Waals surface area contributed by atoms with Crippen LogP contribution >= 0.6 is 22.6 Å². The molecule has 0 radical (unpaired) electrons. The van der Waals surface area contributed by atoms with Crippen LogP contribution in [0, 0.1) is 21.3 Å². The number of rotatable bonds is 3. The van der Waals surface area contributed by atoms with Gasteiger partial charge in [0.15, 0.2) is 0 Å². The molecule has 2 nitrogen and oxygen atoms in total. The molecule has 0 saturated heterocycles. The van der Waals surface area contributed by atoms with Gasteiger partial charge in [-0.3, -0.25) is 0 Å². The van der Waals surface area contributed by atoms with Gasteiger partial charge in [-0.1, -0.05) is 6.07 Å². The third-order valence-corrected chi connectivity index (χ3v) is 6.41. The molecule has 1 aromatic rings. The Labute approximate surface area is 134 Å². The van der Waals surface area contributed by atoms with E-state index in [-0.39, 0.29) is 0 Å². The van der Waals surface area contributed by atoms with Gasteiger partial charge < -0.3 is 10.4 Å². The molecule has 4 saturated carbocycles. The lowest BCUT2D eigenvalue weighted by Gasteiger charge is -2.57. The Morgan fingerprint density at radius 3 is 2.25 bits per heavy atom. The third-order valence-electron chi connectivity index (χ3n) is 5.74. The van der Waals surface area contributed by atoms with Gasteiger partial charge >= 0.3 is 0 Å². The number of phenolic OH excluding ortho intramolecular Hbond substituents is 1. The molecule has 5 rings (SSSR count). The first kappa shape index (κ1) is 13.4. The Morgan fingerprint density at radius 2 is 1.70 bits per heavy atom. The van der Waals surface area contributed by atoms with Gasteiger partial charge in [0, 0.05) is 21.2 Å². The zero-order valence-electron chi connectivity index (χ0n) is 11.7. The van der Waals surface area contributed by atoms with Gasteiger partial charge in [-0.2, -0.15) is 0 Å². The zero-order valence-corrected chi connectivity index (χ0v) is 13.9. The van der Waals surface area contributed by atoms with Crippen molar-refractivity contribution in [1.29, 1.82) is 0 Å². The van der Waals surface area contributed by atoms with Crippen molar-refractivity contribution in [3.63, 3.8) is 0 Å². The summed E-state index contributed by atoms with van der Waals surface area (Å²) < 4.78 is 1.10. The van der Waals surface area contributed by atoms with Crippen molar-refractivity contribution in [3.05, 3.63) is 27.3 Å². The first-order valence-electron chi connectivity index (χ1n) is 7.84. The quantitative estimate of drug-likeness (QED) is 0.772. The molecule has 0 amide bonds. The number of phenols is 1. The van der Waals surface area contributed by atoms with E-state index in [0.29, 0.717) is 11.3 Å². The van der Waals surface area contributed by atoms with Crippen LogP contribution in [0.1, 0.15) is 44.1 Å². The largest absolute Gasteiger partial charge is 0.508 e. The summed E-state index contributed by atoms with van der Waals surface area (Å²) in [7, 11) is 0. The second kappa shape index (κ2) is 4.87. The van der Waals surface area contributed by atoms with Crippen molar-refractivity contribution in [2.24, 2.45) is 17.8 Å². The van der Waals surface area contributed by atoms with E-state index in [1.165, 1.54) is 38.5 Å². The minimum absolute atomic E-state index is 0.379. The van der Waals surface area contributed by atoms with Crippen LogP contribution in [-0.4, -0.2) is 10.6 Å². The predicted octanol–water partition coefficient (Wildman–Crippen LogP) is 4.06. The fraction of sp³-hybridized carbons (Fsp3) is 0.647. The summed E-state index contributed by atoms with van der Waals surface area (Å²) in [6.07, 6.45) is 8.54. The summed E-state index contributed by atoms with van der Waals surface area (Å²) >= 11 is 2.24. The average Bonchev–Trinajstić information content (AvgIpc) is 2.36. The molecular formula is C17H22INO. The smallest absolute Gasteiger partial charge is 0.121 e. The highest BCUT2D eigenvalue weighted by Crippen LogP contribution is 2.55. The molecule has 3 heteroatoms.